The van der Waals surface area contributed by atoms with Crippen LogP contribution in [0.3, 0.4) is 0 Å². The second-order valence-corrected chi connectivity index (χ2v) is 4.82. The number of hydrogen-bond donors (Lipinski definition) is 1. The molecule has 0 spiro atoms. The third-order valence-electron chi connectivity index (χ3n) is 2.80. The first-order valence-electron chi connectivity index (χ1n) is 6.29. The molecule has 4 heteroatoms. The van der Waals surface area contributed by atoms with Crippen LogP contribution in [0.25, 0.3) is 0 Å². The molecule has 0 heterocycles. The number of Topliss-reactive ketones (excluding diaryl/α,β-unsaturated/α-hetero) is 1. The van der Waals surface area contributed by atoms with E-state index in [1.807, 2.05) is 0 Å². The second-order valence-electron chi connectivity index (χ2n) is 4.42. The summed E-state index contributed by atoms with van der Waals surface area (Å²) in [6.45, 7) is 0.710. The van der Waals surface area contributed by atoms with Crippen molar-refractivity contribution in [3.05, 3.63) is 34.6 Å². The van der Waals surface area contributed by atoms with Crippen molar-refractivity contribution in [1.82, 2.24) is 0 Å². The van der Waals surface area contributed by atoms with Crippen LogP contribution >= 0.6 is 11.6 Å². The molecule has 0 bridgehead atoms. The van der Waals surface area contributed by atoms with Gasteiger partial charge in [-0.2, -0.15) is 0 Å². The summed E-state index contributed by atoms with van der Waals surface area (Å²) < 4.78 is 12.9. The van der Waals surface area contributed by atoms with Gasteiger partial charge in [-0.25, -0.2) is 4.39 Å². The minimum absolute atomic E-state index is 0.0724. The summed E-state index contributed by atoms with van der Waals surface area (Å²) in [5, 5.41) is 0.0724. The molecule has 1 aromatic rings. The molecule has 0 aromatic heterocycles. The highest BCUT2D eigenvalue weighted by molar-refractivity contribution is 6.30. The first kappa shape index (κ1) is 15.1. The number of ketones is 1. The lowest BCUT2D eigenvalue weighted by Gasteiger charge is -2.03. The molecule has 0 aliphatic rings. The van der Waals surface area contributed by atoms with E-state index in [0.717, 1.165) is 31.2 Å². The van der Waals surface area contributed by atoms with Gasteiger partial charge in [-0.3, -0.25) is 4.79 Å². The summed E-state index contributed by atoms with van der Waals surface area (Å²) in [7, 11) is 0. The number of hydrogen-bond acceptors (Lipinski definition) is 2. The standard InChI is InChI=1S/C14H19ClFNO/c15-13-10-11(6-7-14(13)16)9-12(18)5-3-1-2-4-8-17/h6-7,10H,1-5,8-9,17H2. The molecule has 0 aliphatic carbocycles. The molecule has 100 valence electrons. The summed E-state index contributed by atoms with van der Waals surface area (Å²) in [4.78, 5) is 11.7. The van der Waals surface area contributed by atoms with Gasteiger partial charge in [-0.15, -0.1) is 0 Å². The maximum absolute atomic E-state index is 12.9. The van der Waals surface area contributed by atoms with Crippen LogP contribution in [0.4, 0.5) is 4.39 Å². The zero-order chi connectivity index (χ0) is 13.4. The van der Waals surface area contributed by atoms with Crippen LogP contribution < -0.4 is 5.73 Å². The van der Waals surface area contributed by atoms with Gasteiger partial charge in [-0.1, -0.05) is 30.5 Å². The van der Waals surface area contributed by atoms with Gasteiger partial charge in [0, 0.05) is 12.8 Å². The smallest absolute Gasteiger partial charge is 0.141 e. The molecule has 0 radical (unpaired) electrons. The van der Waals surface area contributed by atoms with Crippen molar-refractivity contribution in [2.45, 2.75) is 38.5 Å². The molecule has 0 saturated heterocycles. The summed E-state index contributed by atoms with van der Waals surface area (Å²) in [5.41, 5.74) is 6.16. The Labute approximate surface area is 112 Å². The van der Waals surface area contributed by atoms with Gasteiger partial charge in [0.2, 0.25) is 0 Å². The van der Waals surface area contributed by atoms with Crippen molar-refractivity contribution >= 4 is 17.4 Å². The van der Waals surface area contributed by atoms with Crippen LogP contribution in [0.1, 0.15) is 37.7 Å². The van der Waals surface area contributed by atoms with Crippen LogP contribution in [0, 0.1) is 5.82 Å². The topological polar surface area (TPSA) is 43.1 Å². The first-order valence-corrected chi connectivity index (χ1v) is 6.67. The van der Waals surface area contributed by atoms with Crippen molar-refractivity contribution in [1.29, 1.82) is 0 Å². The van der Waals surface area contributed by atoms with Gasteiger partial charge >= 0.3 is 0 Å². The average molecular weight is 272 g/mol. The van der Waals surface area contributed by atoms with Crippen LogP contribution in [-0.4, -0.2) is 12.3 Å². The number of halogens is 2. The largest absolute Gasteiger partial charge is 0.330 e. The van der Waals surface area contributed by atoms with Gasteiger partial charge in [0.1, 0.15) is 11.6 Å². The van der Waals surface area contributed by atoms with E-state index in [4.69, 9.17) is 17.3 Å². The minimum Gasteiger partial charge on any atom is -0.330 e. The zero-order valence-electron chi connectivity index (χ0n) is 10.4. The van der Waals surface area contributed by atoms with Crippen molar-refractivity contribution in [2.24, 2.45) is 5.73 Å². The molecule has 0 fully saturated rings. The lowest BCUT2D eigenvalue weighted by molar-refractivity contribution is -0.118. The fraction of sp³-hybridized carbons (Fsp3) is 0.500. The van der Waals surface area contributed by atoms with E-state index in [9.17, 15) is 9.18 Å². The number of carbonyl (C=O) groups excluding carboxylic acids is 1. The van der Waals surface area contributed by atoms with Gasteiger partial charge in [0.15, 0.2) is 0 Å². The number of unbranched alkanes of at least 4 members (excludes halogenated alkanes) is 3. The predicted octanol–water partition coefficient (Wildman–Crippen LogP) is 3.50. The Morgan fingerprint density at radius 2 is 1.94 bits per heavy atom. The summed E-state index contributed by atoms with van der Waals surface area (Å²) in [6, 6.07) is 4.42. The highest BCUT2D eigenvalue weighted by atomic mass is 35.5. The lowest BCUT2D eigenvalue weighted by Crippen LogP contribution is -2.03. The Hall–Kier alpha value is -0.930. The molecular weight excluding hydrogens is 253 g/mol. The van der Waals surface area contributed by atoms with Crippen molar-refractivity contribution in [3.8, 4) is 0 Å². The van der Waals surface area contributed by atoms with E-state index in [0.29, 0.717) is 19.4 Å². The fourth-order valence-electron chi connectivity index (χ4n) is 1.79. The molecule has 1 rings (SSSR count). The zero-order valence-corrected chi connectivity index (χ0v) is 11.2. The quantitative estimate of drug-likeness (QED) is 0.736. The Morgan fingerprint density at radius 3 is 2.61 bits per heavy atom. The van der Waals surface area contributed by atoms with Crippen molar-refractivity contribution in [2.75, 3.05) is 6.54 Å². The van der Waals surface area contributed by atoms with E-state index in [-0.39, 0.29) is 10.8 Å². The molecular formula is C14H19ClFNO. The van der Waals surface area contributed by atoms with Crippen LogP contribution in [0.5, 0.6) is 0 Å². The summed E-state index contributed by atoms with van der Waals surface area (Å²) in [5.74, 6) is -0.278. The number of carbonyl (C=O) groups is 1. The molecule has 0 unspecified atom stereocenters. The monoisotopic (exact) mass is 271 g/mol. The normalized spacial score (nSPS) is 10.6. The van der Waals surface area contributed by atoms with Crippen molar-refractivity contribution < 1.29 is 9.18 Å². The third kappa shape index (κ3) is 5.61. The van der Waals surface area contributed by atoms with E-state index >= 15 is 0 Å². The van der Waals surface area contributed by atoms with Gasteiger partial charge < -0.3 is 5.73 Å². The highest BCUT2D eigenvalue weighted by Crippen LogP contribution is 2.17. The van der Waals surface area contributed by atoms with E-state index in [1.165, 1.54) is 12.1 Å². The molecule has 1 aromatic carbocycles. The number of rotatable bonds is 8. The maximum atomic E-state index is 12.9. The number of nitrogens with two attached hydrogens (primary N) is 1. The Bertz CT molecular complexity index is 395. The molecule has 0 aliphatic heterocycles. The second kappa shape index (κ2) is 8.22. The molecule has 0 atom stereocenters. The SMILES string of the molecule is NCCCCCCC(=O)Cc1ccc(F)c(Cl)c1. The fourth-order valence-corrected chi connectivity index (χ4v) is 1.99. The Kier molecular flexibility index (Phi) is 6.91. The van der Waals surface area contributed by atoms with Crippen molar-refractivity contribution in [3.63, 3.8) is 0 Å². The molecule has 0 saturated carbocycles. The first-order chi connectivity index (χ1) is 8.63. The van der Waals surface area contributed by atoms with E-state index in [1.54, 1.807) is 6.07 Å². The predicted molar refractivity (Wildman–Crippen MR) is 72.3 cm³/mol. The summed E-state index contributed by atoms with van der Waals surface area (Å²) in [6.07, 6.45) is 4.92. The number of benzene rings is 1. The van der Waals surface area contributed by atoms with Gasteiger partial charge in [-0.05, 0) is 37.1 Å². The summed E-state index contributed by atoms with van der Waals surface area (Å²) >= 11 is 5.66. The molecule has 0 amide bonds. The molecule has 2 N–H and O–H groups in total. The van der Waals surface area contributed by atoms with Gasteiger partial charge in [0.05, 0.1) is 5.02 Å². The van der Waals surface area contributed by atoms with E-state index in [2.05, 4.69) is 0 Å². The minimum atomic E-state index is -0.449. The van der Waals surface area contributed by atoms with Crippen LogP contribution in [-0.2, 0) is 11.2 Å². The van der Waals surface area contributed by atoms with Crippen LogP contribution in [0.2, 0.25) is 5.02 Å². The maximum Gasteiger partial charge on any atom is 0.141 e. The molecule has 2 nitrogen and oxygen atoms in total. The molecule has 18 heavy (non-hydrogen) atoms. The average Bonchev–Trinajstić information content (AvgIpc) is 2.34. The Balaban J connectivity index is 2.29. The van der Waals surface area contributed by atoms with Gasteiger partial charge in [0.25, 0.3) is 0 Å². The lowest BCUT2D eigenvalue weighted by atomic mass is 10.0. The third-order valence-corrected chi connectivity index (χ3v) is 3.08. The Morgan fingerprint density at radius 1 is 1.22 bits per heavy atom. The van der Waals surface area contributed by atoms with E-state index < -0.39 is 5.82 Å². The van der Waals surface area contributed by atoms with Crippen LogP contribution in [0.15, 0.2) is 18.2 Å². The highest BCUT2D eigenvalue weighted by Gasteiger charge is 2.06.